The first-order chi connectivity index (χ1) is 8.57. The summed E-state index contributed by atoms with van der Waals surface area (Å²) in [6.45, 7) is 2.20. The topological polar surface area (TPSA) is 54.4 Å². The first-order valence-corrected chi connectivity index (χ1v) is 7.47. The highest BCUT2D eigenvalue weighted by atomic mass is 32.1. The van der Waals surface area contributed by atoms with Crippen LogP contribution in [0.3, 0.4) is 0 Å². The smallest absolute Gasteiger partial charge is 0.306 e. The van der Waals surface area contributed by atoms with Gasteiger partial charge in [-0.1, -0.05) is 58.3 Å². The van der Waals surface area contributed by atoms with Crippen LogP contribution >= 0.6 is 12.6 Å². The molecule has 0 radical (unpaired) electrons. The number of carbonyl (C=O) groups excluding carboxylic acids is 1. The highest BCUT2D eigenvalue weighted by molar-refractivity contribution is 7.96. The van der Waals surface area contributed by atoms with Crippen LogP contribution < -0.4 is 0 Å². The number of carbonyl (C=O) groups is 2. The minimum atomic E-state index is -0.875. The van der Waals surface area contributed by atoms with Gasteiger partial charge in [0.05, 0.1) is 5.92 Å². The molecule has 1 unspecified atom stereocenters. The van der Waals surface area contributed by atoms with Crippen LogP contribution in [0.2, 0.25) is 0 Å². The first kappa shape index (κ1) is 17.5. The van der Waals surface area contributed by atoms with Gasteiger partial charge in [0.25, 0.3) is 0 Å². The number of carboxylic acid groups (broad SMARTS) is 1. The molecule has 0 aromatic heterocycles. The van der Waals surface area contributed by atoms with Crippen molar-refractivity contribution in [2.75, 3.05) is 0 Å². The zero-order chi connectivity index (χ0) is 13.8. The second-order valence-electron chi connectivity index (χ2n) is 4.90. The summed E-state index contributed by atoms with van der Waals surface area (Å²) >= 11 is 3.64. The number of aliphatic carboxylic acids is 1. The van der Waals surface area contributed by atoms with Gasteiger partial charge in [0.2, 0.25) is 0 Å². The molecule has 1 N–H and O–H groups in total. The molecule has 0 heterocycles. The maximum atomic E-state index is 10.9. The van der Waals surface area contributed by atoms with Crippen molar-refractivity contribution in [3.05, 3.63) is 0 Å². The summed E-state index contributed by atoms with van der Waals surface area (Å²) in [5.41, 5.74) is 0. The monoisotopic (exact) mass is 274 g/mol. The van der Waals surface area contributed by atoms with Crippen molar-refractivity contribution >= 4 is 23.7 Å². The van der Waals surface area contributed by atoms with Crippen LogP contribution in [0.25, 0.3) is 0 Å². The van der Waals surface area contributed by atoms with Gasteiger partial charge in [-0.05, 0) is 6.42 Å². The van der Waals surface area contributed by atoms with Gasteiger partial charge in [-0.3, -0.25) is 9.59 Å². The summed E-state index contributed by atoms with van der Waals surface area (Å²) in [6.07, 6.45) is 10.2. The maximum absolute atomic E-state index is 10.9. The number of rotatable bonds is 12. The van der Waals surface area contributed by atoms with Gasteiger partial charge in [0.1, 0.15) is 0 Å². The molecule has 0 rings (SSSR count). The molecule has 0 saturated heterocycles. The van der Waals surface area contributed by atoms with E-state index < -0.39 is 11.9 Å². The van der Waals surface area contributed by atoms with Crippen molar-refractivity contribution in [2.45, 2.75) is 71.1 Å². The van der Waals surface area contributed by atoms with E-state index in [9.17, 15) is 9.59 Å². The second kappa shape index (κ2) is 11.6. The van der Waals surface area contributed by atoms with E-state index in [1.165, 1.54) is 38.5 Å². The molecule has 0 aliphatic carbocycles. The van der Waals surface area contributed by atoms with E-state index in [-0.39, 0.29) is 11.5 Å². The molecule has 0 aliphatic heterocycles. The van der Waals surface area contributed by atoms with E-state index in [2.05, 4.69) is 19.6 Å². The fraction of sp³-hybridized carbons (Fsp3) is 0.857. The molecule has 0 aromatic carbocycles. The van der Waals surface area contributed by atoms with Gasteiger partial charge in [-0.15, -0.1) is 12.6 Å². The Morgan fingerprint density at radius 2 is 1.50 bits per heavy atom. The fourth-order valence-corrected chi connectivity index (χ4v) is 2.27. The molecule has 0 saturated carbocycles. The Bertz CT molecular complexity index is 241. The Labute approximate surface area is 116 Å². The minimum absolute atomic E-state index is 0.0505. The lowest BCUT2D eigenvalue weighted by Gasteiger charge is -2.09. The van der Waals surface area contributed by atoms with Crippen LogP contribution in [0.15, 0.2) is 0 Å². The lowest BCUT2D eigenvalue weighted by molar-refractivity contribution is -0.143. The van der Waals surface area contributed by atoms with Gasteiger partial charge in [0.15, 0.2) is 5.12 Å². The summed E-state index contributed by atoms with van der Waals surface area (Å²) in [6, 6.07) is 0. The molecular formula is C14H26O3S. The molecule has 0 bridgehead atoms. The molecule has 0 fully saturated rings. The van der Waals surface area contributed by atoms with Gasteiger partial charge in [-0.25, -0.2) is 0 Å². The molecule has 1 atom stereocenters. The zero-order valence-corrected chi connectivity index (χ0v) is 12.3. The Morgan fingerprint density at radius 3 is 1.94 bits per heavy atom. The molecule has 0 aliphatic rings. The summed E-state index contributed by atoms with van der Waals surface area (Å²) < 4.78 is 0. The fourth-order valence-electron chi connectivity index (χ4n) is 2.05. The number of thiol groups is 1. The quantitative estimate of drug-likeness (QED) is 0.417. The summed E-state index contributed by atoms with van der Waals surface area (Å²) in [5.74, 6) is -1.42. The minimum Gasteiger partial charge on any atom is -0.481 e. The van der Waals surface area contributed by atoms with Crippen LogP contribution in [0, 0.1) is 5.92 Å². The third-order valence-corrected chi connectivity index (χ3v) is 3.36. The SMILES string of the molecule is CCCCCCCCCCC(CC(=O)S)C(=O)O. The van der Waals surface area contributed by atoms with Gasteiger partial charge in [0, 0.05) is 6.42 Å². The lowest BCUT2D eigenvalue weighted by Crippen LogP contribution is -2.16. The van der Waals surface area contributed by atoms with E-state index in [1.54, 1.807) is 0 Å². The van der Waals surface area contributed by atoms with E-state index >= 15 is 0 Å². The number of unbranched alkanes of at least 4 members (excludes halogenated alkanes) is 7. The standard InChI is InChI=1S/C14H26O3S/c1-2-3-4-5-6-7-8-9-10-12(14(16)17)11-13(15)18/h12H,2-11H2,1H3,(H,15,18)(H,16,17). The maximum Gasteiger partial charge on any atom is 0.306 e. The Balaban J connectivity index is 3.49. The highest BCUT2D eigenvalue weighted by Crippen LogP contribution is 2.17. The third-order valence-electron chi connectivity index (χ3n) is 3.18. The molecule has 3 nitrogen and oxygen atoms in total. The van der Waals surface area contributed by atoms with Crippen molar-refractivity contribution < 1.29 is 14.7 Å². The summed E-state index contributed by atoms with van der Waals surface area (Å²) in [5, 5.41) is 8.60. The number of hydrogen-bond donors (Lipinski definition) is 2. The normalized spacial score (nSPS) is 12.3. The van der Waals surface area contributed by atoms with Crippen LogP contribution in [0.5, 0.6) is 0 Å². The Hall–Kier alpha value is -0.510. The van der Waals surface area contributed by atoms with Gasteiger partial charge < -0.3 is 5.11 Å². The molecule has 0 amide bonds. The summed E-state index contributed by atoms with van der Waals surface area (Å²) in [7, 11) is 0. The van der Waals surface area contributed by atoms with E-state index in [0.29, 0.717) is 6.42 Å². The predicted molar refractivity (Wildman–Crippen MR) is 77.0 cm³/mol. The van der Waals surface area contributed by atoms with Crippen molar-refractivity contribution in [3.8, 4) is 0 Å². The molecule has 106 valence electrons. The third kappa shape index (κ3) is 10.6. The van der Waals surface area contributed by atoms with Crippen LogP contribution in [0.1, 0.15) is 71.1 Å². The van der Waals surface area contributed by atoms with E-state index in [0.717, 1.165) is 12.8 Å². The number of carboxylic acids is 1. The van der Waals surface area contributed by atoms with Crippen LogP contribution in [-0.2, 0) is 9.59 Å². The Kier molecular flexibility index (Phi) is 11.2. The van der Waals surface area contributed by atoms with Crippen LogP contribution in [0.4, 0.5) is 0 Å². The van der Waals surface area contributed by atoms with Crippen molar-refractivity contribution in [3.63, 3.8) is 0 Å². The average Bonchev–Trinajstić information content (AvgIpc) is 2.30. The number of hydrogen-bond acceptors (Lipinski definition) is 2. The van der Waals surface area contributed by atoms with Crippen molar-refractivity contribution in [2.24, 2.45) is 5.92 Å². The van der Waals surface area contributed by atoms with E-state index in [1.807, 2.05) is 0 Å². The highest BCUT2D eigenvalue weighted by Gasteiger charge is 2.18. The van der Waals surface area contributed by atoms with Crippen LogP contribution in [-0.4, -0.2) is 16.2 Å². The van der Waals surface area contributed by atoms with Crippen molar-refractivity contribution in [1.82, 2.24) is 0 Å². The van der Waals surface area contributed by atoms with Gasteiger partial charge in [-0.2, -0.15) is 0 Å². The molecule has 0 spiro atoms. The molecule has 4 heteroatoms. The molecular weight excluding hydrogens is 248 g/mol. The summed E-state index contributed by atoms with van der Waals surface area (Å²) in [4.78, 5) is 21.7. The Morgan fingerprint density at radius 1 is 1.00 bits per heavy atom. The lowest BCUT2D eigenvalue weighted by atomic mass is 9.97. The molecule has 18 heavy (non-hydrogen) atoms. The van der Waals surface area contributed by atoms with E-state index in [4.69, 9.17) is 5.11 Å². The average molecular weight is 274 g/mol. The second-order valence-corrected chi connectivity index (χ2v) is 5.40. The van der Waals surface area contributed by atoms with Crippen molar-refractivity contribution in [1.29, 1.82) is 0 Å². The predicted octanol–water partition coefficient (Wildman–Crippen LogP) is 4.06. The molecule has 0 aromatic rings. The van der Waals surface area contributed by atoms with Gasteiger partial charge >= 0.3 is 5.97 Å². The first-order valence-electron chi connectivity index (χ1n) is 7.02. The zero-order valence-electron chi connectivity index (χ0n) is 11.4. The largest absolute Gasteiger partial charge is 0.481 e.